The molecule has 2 unspecified atom stereocenters. The molecule has 1 rings (SSSR count). The summed E-state index contributed by atoms with van der Waals surface area (Å²) in [6, 6.07) is 1.05. The zero-order valence-electron chi connectivity index (χ0n) is 10.9. The van der Waals surface area contributed by atoms with Gasteiger partial charge in [-0.1, -0.05) is 0 Å². The highest BCUT2D eigenvalue weighted by Gasteiger charge is 2.32. The van der Waals surface area contributed by atoms with E-state index in [2.05, 4.69) is 5.32 Å². The van der Waals surface area contributed by atoms with Crippen LogP contribution in [-0.4, -0.2) is 28.1 Å². The van der Waals surface area contributed by atoms with E-state index in [0.717, 1.165) is 6.07 Å². The molecule has 1 aromatic rings. The summed E-state index contributed by atoms with van der Waals surface area (Å²) in [7, 11) is 0. The maximum Gasteiger partial charge on any atom is 0.431 e. The van der Waals surface area contributed by atoms with Gasteiger partial charge in [-0.3, -0.25) is 9.59 Å². The normalized spacial score (nSPS) is 14.7. The predicted molar refractivity (Wildman–Crippen MR) is 65.3 cm³/mol. The molecule has 2 atom stereocenters. The van der Waals surface area contributed by atoms with Gasteiger partial charge in [-0.15, -0.1) is 0 Å². The summed E-state index contributed by atoms with van der Waals surface area (Å²) in [6.45, 7) is 3.15. The fraction of sp³-hybridized carbons (Fsp3) is 0.500. The van der Waals surface area contributed by atoms with Crippen molar-refractivity contribution in [3.05, 3.63) is 33.7 Å². The number of carbonyl (C=O) groups is 1. The lowest BCUT2D eigenvalue weighted by Gasteiger charge is -2.15. The number of aromatic nitrogens is 1. The van der Waals surface area contributed by atoms with Crippen molar-refractivity contribution >= 4 is 5.91 Å². The van der Waals surface area contributed by atoms with Crippen LogP contribution in [-0.2, 0) is 6.18 Å². The second-order valence-electron chi connectivity index (χ2n) is 4.57. The molecule has 0 aliphatic carbocycles. The lowest BCUT2D eigenvalue weighted by molar-refractivity contribution is -0.141. The van der Waals surface area contributed by atoms with Crippen molar-refractivity contribution in [2.75, 3.05) is 0 Å². The van der Waals surface area contributed by atoms with E-state index in [1.807, 2.05) is 0 Å². The van der Waals surface area contributed by atoms with E-state index in [4.69, 9.17) is 5.11 Å². The van der Waals surface area contributed by atoms with Gasteiger partial charge in [0.05, 0.1) is 6.10 Å². The summed E-state index contributed by atoms with van der Waals surface area (Å²) in [5.74, 6) is -0.784. The number of hydrogen-bond donors (Lipinski definition) is 3. The van der Waals surface area contributed by atoms with Crippen molar-refractivity contribution in [1.29, 1.82) is 0 Å². The third kappa shape index (κ3) is 4.37. The molecule has 3 N–H and O–H groups in total. The number of aliphatic hydroxyl groups excluding tert-OH is 1. The summed E-state index contributed by atoms with van der Waals surface area (Å²) in [5.41, 5.74) is -2.73. The molecule has 1 heterocycles. The van der Waals surface area contributed by atoms with Crippen molar-refractivity contribution in [2.45, 2.75) is 38.6 Å². The highest BCUT2D eigenvalue weighted by molar-refractivity contribution is 5.93. The number of amides is 1. The van der Waals surface area contributed by atoms with Crippen LogP contribution in [0.5, 0.6) is 0 Å². The van der Waals surface area contributed by atoms with Crippen molar-refractivity contribution in [3.63, 3.8) is 0 Å². The Bertz CT molecular complexity index is 537. The van der Waals surface area contributed by atoms with E-state index in [9.17, 15) is 22.8 Å². The van der Waals surface area contributed by atoms with E-state index in [1.165, 1.54) is 6.92 Å². The number of H-pyrrole nitrogens is 1. The molecule has 0 aromatic carbocycles. The van der Waals surface area contributed by atoms with Crippen LogP contribution >= 0.6 is 0 Å². The van der Waals surface area contributed by atoms with Crippen molar-refractivity contribution in [3.8, 4) is 0 Å². The molecule has 0 bridgehead atoms. The molecular weight excluding hydrogens is 277 g/mol. The van der Waals surface area contributed by atoms with Gasteiger partial charge in [0, 0.05) is 6.04 Å². The molecule has 1 aromatic heterocycles. The molecule has 0 saturated heterocycles. The molecule has 8 heteroatoms. The first kappa shape index (κ1) is 16.2. The number of aliphatic hydroxyl groups is 1. The predicted octanol–water partition coefficient (Wildman–Crippen LogP) is 1.28. The number of nitrogens with one attached hydrogen (secondary N) is 2. The summed E-state index contributed by atoms with van der Waals surface area (Å²) in [6.07, 6.45) is -5.05. The highest BCUT2D eigenvalue weighted by atomic mass is 19.4. The smallest absolute Gasteiger partial charge is 0.393 e. The lowest BCUT2D eigenvalue weighted by atomic mass is 10.1. The minimum Gasteiger partial charge on any atom is -0.393 e. The molecule has 1 amide bonds. The first-order valence-corrected chi connectivity index (χ1v) is 5.90. The maximum atomic E-state index is 12.4. The van der Waals surface area contributed by atoms with E-state index >= 15 is 0 Å². The first-order valence-electron chi connectivity index (χ1n) is 5.90. The van der Waals surface area contributed by atoms with Crippen LogP contribution < -0.4 is 10.9 Å². The molecule has 0 saturated carbocycles. The quantitative estimate of drug-likeness (QED) is 0.782. The van der Waals surface area contributed by atoms with E-state index < -0.39 is 41.0 Å². The van der Waals surface area contributed by atoms with E-state index in [0.29, 0.717) is 6.07 Å². The number of pyridine rings is 1. The van der Waals surface area contributed by atoms with Crippen LogP contribution in [0.2, 0.25) is 0 Å². The second-order valence-corrected chi connectivity index (χ2v) is 4.57. The number of aromatic amines is 1. The van der Waals surface area contributed by atoms with E-state index in [-0.39, 0.29) is 6.42 Å². The fourth-order valence-corrected chi connectivity index (χ4v) is 1.69. The molecule has 0 aliphatic heterocycles. The lowest BCUT2D eigenvalue weighted by Crippen LogP contribution is -2.37. The number of alkyl halides is 3. The monoisotopic (exact) mass is 292 g/mol. The van der Waals surface area contributed by atoms with Crippen molar-refractivity contribution in [1.82, 2.24) is 10.3 Å². The largest absolute Gasteiger partial charge is 0.431 e. The van der Waals surface area contributed by atoms with Gasteiger partial charge in [-0.25, -0.2) is 0 Å². The molecule has 0 spiro atoms. The number of carbonyl (C=O) groups excluding carboxylic acids is 1. The first-order chi connectivity index (χ1) is 9.11. The van der Waals surface area contributed by atoms with Crippen LogP contribution in [0, 0.1) is 0 Å². The SMILES string of the molecule is CC(O)CC(C)NC(=O)c1ccc(C(F)(F)F)[nH]c1=O. The zero-order valence-corrected chi connectivity index (χ0v) is 10.9. The van der Waals surface area contributed by atoms with Gasteiger partial charge >= 0.3 is 6.18 Å². The Kier molecular flexibility index (Phi) is 4.93. The Labute approximate surface area is 112 Å². The summed E-state index contributed by atoms with van der Waals surface area (Å²) >= 11 is 0. The standard InChI is InChI=1S/C12H15F3N2O3/c1-6(5-7(2)18)16-10(19)8-3-4-9(12(13,14)15)17-11(8)20/h3-4,6-7,18H,5H2,1-2H3,(H,16,19)(H,17,20). The molecular formula is C12H15F3N2O3. The van der Waals surface area contributed by atoms with Crippen molar-refractivity contribution in [2.24, 2.45) is 0 Å². The molecule has 112 valence electrons. The Balaban J connectivity index is 2.88. The van der Waals surface area contributed by atoms with Gasteiger partial charge in [0.2, 0.25) is 0 Å². The summed E-state index contributed by atoms with van der Waals surface area (Å²) in [5, 5.41) is 11.6. The van der Waals surface area contributed by atoms with Crippen LogP contribution in [0.4, 0.5) is 13.2 Å². The number of halogens is 3. The van der Waals surface area contributed by atoms with Gasteiger partial charge in [0.1, 0.15) is 11.3 Å². The fourth-order valence-electron chi connectivity index (χ4n) is 1.69. The van der Waals surface area contributed by atoms with Crippen molar-refractivity contribution < 1.29 is 23.1 Å². The number of rotatable bonds is 4. The van der Waals surface area contributed by atoms with Gasteiger partial charge in [-0.2, -0.15) is 13.2 Å². The molecule has 0 fully saturated rings. The topological polar surface area (TPSA) is 82.2 Å². The van der Waals surface area contributed by atoms with Crippen LogP contribution in [0.25, 0.3) is 0 Å². The third-order valence-electron chi connectivity index (χ3n) is 2.53. The van der Waals surface area contributed by atoms with Gasteiger partial charge < -0.3 is 15.4 Å². The Hall–Kier alpha value is -1.83. The Morgan fingerprint density at radius 3 is 2.45 bits per heavy atom. The van der Waals surface area contributed by atoms with Crippen LogP contribution in [0.15, 0.2) is 16.9 Å². The molecule has 0 radical (unpaired) electrons. The molecule has 0 aliphatic rings. The summed E-state index contributed by atoms with van der Waals surface area (Å²) in [4.78, 5) is 24.8. The van der Waals surface area contributed by atoms with Gasteiger partial charge in [-0.05, 0) is 32.4 Å². The van der Waals surface area contributed by atoms with Crippen LogP contribution in [0.1, 0.15) is 36.3 Å². The minimum atomic E-state index is -4.67. The Morgan fingerprint density at radius 2 is 2.00 bits per heavy atom. The third-order valence-corrected chi connectivity index (χ3v) is 2.53. The Morgan fingerprint density at radius 1 is 1.40 bits per heavy atom. The van der Waals surface area contributed by atoms with Gasteiger partial charge in [0.15, 0.2) is 0 Å². The number of hydrogen-bond acceptors (Lipinski definition) is 3. The van der Waals surface area contributed by atoms with Gasteiger partial charge in [0.25, 0.3) is 11.5 Å². The highest BCUT2D eigenvalue weighted by Crippen LogP contribution is 2.26. The average molecular weight is 292 g/mol. The second kappa shape index (κ2) is 6.08. The average Bonchev–Trinajstić information content (AvgIpc) is 2.25. The maximum absolute atomic E-state index is 12.4. The molecule has 5 nitrogen and oxygen atoms in total. The summed E-state index contributed by atoms with van der Waals surface area (Å²) < 4.78 is 37.1. The minimum absolute atomic E-state index is 0.268. The molecule has 20 heavy (non-hydrogen) atoms. The van der Waals surface area contributed by atoms with Crippen LogP contribution in [0.3, 0.4) is 0 Å². The van der Waals surface area contributed by atoms with E-state index in [1.54, 1.807) is 11.9 Å². The zero-order chi connectivity index (χ0) is 15.5.